The average Bonchev–Trinajstić information content (AvgIpc) is 3.28. The first-order valence-corrected chi connectivity index (χ1v) is 11.3. The summed E-state index contributed by atoms with van der Waals surface area (Å²) >= 11 is 1.73. The molecule has 0 unspecified atom stereocenters. The summed E-state index contributed by atoms with van der Waals surface area (Å²) in [6, 6.07) is 24.1. The van der Waals surface area contributed by atoms with Gasteiger partial charge in [-0.1, -0.05) is 106 Å². The van der Waals surface area contributed by atoms with Gasteiger partial charge >= 0.3 is 0 Å². The van der Waals surface area contributed by atoms with Gasteiger partial charge in [-0.2, -0.15) is 4.57 Å². The first-order chi connectivity index (χ1) is 14.1. The van der Waals surface area contributed by atoms with E-state index in [9.17, 15) is 0 Å². The molecule has 1 heterocycles. The maximum atomic E-state index is 2.45. The molecule has 4 aromatic rings. The van der Waals surface area contributed by atoms with Gasteiger partial charge in [0.05, 0.1) is 16.5 Å². The molecule has 0 spiro atoms. The number of aromatic nitrogens is 1. The SMILES string of the molecule is CC(C)c1cc(C(C)C)c(-c2ccccc2)c(-[n+]2ccsc2)c1-c1ccccc1.[Cl-]. The molecule has 3 aromatic carbocycles. The lowest BCUT2D eigenvalue weighted by Gasteiger charge is -2.22. The summed E-state index contributed by atoms with van der Waals surface area (Å²) in [5.74, 6) is 0.871. The molecular formula is C27H28ClNS. The predicted octanol–water partition coefficient (Wildman–Crippen LogP) is 4.61. The minimum Gasteiger partial charge on any atom is -1.00 e. The molecule has 0 bridgehead atoms. The summed E-state index contributed by atoms with van der Waals surface area (Å²) in [5.41, 5.74) is 11.6. The van der Waals surface area contributed by atoms with Crippen LogP contribution in [-0.4, -0.2) is 0 Å². The van der Waals surface area contributed by atoms with E-state index in [4.69, 9.17) is 0 Å². The lowest BCUT2D eigenvalue weighted by molar-refractivity contribution is -0.588. The second-order valence-electron chi connectivity index (χ2n) is 8.13. The summed E-state index contributed by atoms with van der Waals surface area (Å²) in [7, 11) is 0. The van der Waals surface area contributed by atoms with Crippen molar-refractivity contribution in [2.75, 3.05) is 0 Å². The fourth-order valence-corrected chi connectivity index (χ4v) is 4.64. The highest BCUT2D eigenvalue weighted by atomic mass is 35.5. The third-order valence-corrected chi connectivity index (χ3v) is 6.09. The topological polar surface area (TPSA) is 3.88 Å². The molecule has 0 atom stereocenters. The largest absolute Gasteiger partial charge is 1.00 e. The quantitative estimate of drug-likeness (QED) is 0.405. The fraction of sp³-hybridized carbons (Fsp3) is 0.222. The van der Waals surface area contributed by atoms with Gasteiger partial charge in [-0.25, -0.2) is 0 Å². The van der Waals surface area contributed by atoms with E-state index in [0.29, 0.717) is 11.8 Å². The predicted molar refractivity (Wildman–Crippen MR) is 125 cm³/mol. The zero-order valence-corrected chi connectivity index (χ0v) is 19.5. The van der Waals surface area contributed by atoms with Crippen LogP contribution < -0.4 is 17.0 Å². The van der Waals surface area contributed by atoms with E-state index in [1.54, 1.807) is 11.3 Å². The maximum absolute atomic E-state index is 2.45. The van der Waals surface area contributed by atoms with Crippen molar-refractivity contribution in [1.29, 1.82) is 0 Å². The molecule has 1 nitrogen and oxygen atoms in total. The van der Waals surface area contributed by atoms with Crippen LogP contribution in [0.1, 0.15) is 50.7 Å². The fourth-order valence-electron chi connectivity index (χ4n) is 4.06. The lowest BCUT2D eigenvalue weighted by Crippen LogP contribution is -3.00. The van der Waals surface area contributed by atoms with Crippen LogP contribution in [0.2, 0.25) is 0 Å². The minimum atomic E-state index is 0. The van der Waals surface area contributed by atoms with E-state index in [0.717, 1.165) is 0 Å². The zero-order chi connectivity index (χ0) is 20.4. The molecule has 4 rings (SSSR count). The van der Waals surface area contributed by atoms with Gasteiger partial charge in [-0.3, -0.25) is 0 Å². The van der Waals surface area contributed by atoms with Crippen LogP contribution in [-0.2, 0) is 0 Å². The normalized spacial score (nSPS) is 11.0. The molecule has 154 valence electrons. The molecule has 0 radical (unpaired) electrons. The first kappa shape index (κ1) is 22.3. The molecular weight excluding hydrogens is 406 g/mol. The number of thiazole rings is 1. The van der Waals surface area contributed by atoms with Crippen molar-refractivity contribution in [3.8, 4) is 27.9 Å². The molecule has 30 heavy (non-hydrogen) atoms. The highest BCUT2D eigenvalue weighted by Crippen LogP contribution is 2.43. The second-order valence-corrected chi connectivity index (χ2v) is 8.88. The van der Waals surface area contributed by atoms with Gasteiger partial charge < -0.3 is 12.4 Å². The number of hydrogen-bond acceptors (Lipinski definition) is 1. The number of hydrogen-bond donors (Lipinski definition) is 0. The zero-order valence-electron chi connectivity index (χ0n) is 18.0. The maximum Gasteiger partial charge on any atom is 0.230 e. The molecule has 0 aliphatic carbocycles. The summed E-state index contributed by atoms with van der Waals surface area (Å²) < 4.78 is 2.31. The van der Waals surface area contributed by atoms with Gasteiger partial charge in [-0.15, -0.1) is 0 Å². The van der Waals surface area contributed by atoms with E-state index in [-0.39, 0.29) is 12.4 Å². The lowest BCUT2D eigenvalue weighted by atomic mass is 9.81. The molecule has 1 aromatic heterocycles. The molecule has 3 heteroatoms. The van der Waals surface area contributed by atoms with Crippen LogP contribution in [0, 0.1) is 0 Å². The van der Waals surface area contributed by atoms with E-state index in [2.05, 4.69) is 116 Å². The van der Waals surface area contributed by atoms with Crippen molar-refractivity contribution in [3.63, 3.8) is 0 Å². The monoisotopic (exact) mass is 433 g/mol. The number of rotatable bonds is 5. The molecule has 0 aliphatic rings. The Kier molecular flexibility index (Phi) is 7.12. The van der Waals surface area contributed by atoms with E-state index >= 15 is 0 Å². The summed E-state index contributed by atoms with van der Waals surface area (Å²) in [6.07, 6.45) is 2.19. The molecule has 0 amide bonds. The van der Waals surface area contributed by atoms with Gasteiger partial charge in [0.2, 0.25) is 11.2 Å². The van der Waals surface area contributed by atoms with E-state index < -0.39 is 0 Å². The third-order valence-electron chi connectivity index (χ3n) is 5.46. The molecule has 0 saturated heterocycles. The molecule has 0 fully saturated rings. The van der Waals surface area contributed by atoms with Gasteiger partial charge in [0.1, 0.15) is 0 Å². The summed E-state index contributed by atoms with van der Waals surface area (Å²) in [6.45, 7) is 9.21. The standard InChI is InChI=1S/C27H28NS.ClH/c1-19(2)23-17-24(20(3)4)26(22-13-9-6-10-14-22)27(28-15-16-29-18-28)25(23)21-11-7-5-8-12-21;/h5-20H,1-4H3;1H/q+1;/p-1. The molecule has 0 N–H and O–H groups in total. The summed E-state index contributed by atoms with van der Waals surface area (Å²) in [4.78, 5) is 0. The Bertz CT molecular complexity index is 1020. The Hall–Kier alpha value is -2.42. The van der Waals surface area contributed by atoms with Crippen LogP contribution in [0.15, 0.2) is 83.8 Å². The van der Waals surface area contributed by atoms with Crippen molar-refractivity contribution < 1.29 is 17.0 Å². The number of halogens is 1. The Morgan fingerprint density at radius 1 is 0.700 bits per heavy atom. The Balaban J connectivity index is 0.00000256. The van der Waals surface area contributed by atoms with Gasteiger partial charge in [0, 0.05) is 0 Å². The van der Waals surface area contributed by atoms with Crippen LogP contribution in [0.5, 0.6) is 0 Å². The van der Waals surface area contributed by atoms with Crippen molar-refractivity contribution in [1.82, 2.24) is 0 Å². The van der Waals surface area contributed by atoms with Crippen LogP contribution in [0.4, 0.5) is 0 Å². The number of nitrogens with zero attached hydrogens (tertiary/aromatic N) is 1. The van der Waals surface area contributed by atoms with Crippen LogP contribution >= 0.6 is 11.3 Å². The van der Waals surface area contributed by atoms with Gasteiger partial charge in [0.15, 0.2) is 6.20 Å². The Morgan fingerprint density at radius 2 is 1.17 bits per heavy atom. The average molecular weight is 434 g/mol. The first-order valence-electron chi connectivity index (χ1n) is 10.3. The van der Waals surface area contributed by atoms with Crippen molar-refractivity contribution >= 4 is 11.3 Å². The van der Waals surface area contributed by atoms with Gasteiger partial charge in [0.25, 0.3) is 0 Å². The smallest absolute Gasteiger partial charge is 0.230 e. The number of benzene rings is 3. The summed E-state index contributed by atoms with van der Waals surface area (Å²) in [5, 5.41) is 2.15. The van der Waals surface area contributed by atoms with Gasteiger partial charge in [-0.05, 0) is 34.1 Å². The Morgan fingerprint density at radius 3 is 1.53 bits per heavy atom. The molecule has 0 aliphatic heterocycles. The highest BCUT2D eigenvalue weighted by molar-refractivity contribution is 7.07. The Labute approximate surface area is 190 Å². The van der Waals surface area contributed by atoms with Crippen LogP contribution in [0.3, 0.4) is 0 Å². The van der Waals surface area contributed by atoms with Crippen molar-refractivity contribution in [2.45, 2.75) is 39.5 Å². The van der Waals surface area contributed by atoms with Crippen molar-refractivity contribution in [2.24, 2.45) is 0 Å². The molecule has 0 saturated carbocycles. The van der Waals surface area contributed by atoms with E-state index in [1.165, 1.54) is 39.1 Å². The minimum absolute atomic E-state index is 0. The van der Waals surface area contributed by atoms with Crippen LogP contribution in [0.25, 0.3) is 27.9 Å². The third kappa shape index (κ3) is 4.21. The van der Waals surface area contributed by atoms with Crippen molar-refractivity contribution in [3.05, 3.63) is 94.9 Å². The van der Waals surface area contributed by atoms with E-state index in [1.807, 2.05) is 0 Å². The highest BCUT2D eigenvalue weighted by Gasteiger charge is 2.29. The second kappa shape index (κ2) is 9.59.